The summed E-state index contributed by atoms with van der Waals surface area (Å²) in [7, 11) is 0. The molecule has 1 saturated heterocycles. The fraction of sp³-hybridized carbons (Fsp3) is 0.400. The summed E-state index contributed by atoms with van der Waals surface area (Å²) in [4.78, 5) is 14.8. The molecule has 3 aromatic carbocycles. The Bertz CT molecular complexity index is 903. The Hall–Kier alpha value is -2.55. The summed E-state index contributed by atoms with van der Waals surface area (Å²) < 4.78 is 0. The molecule has 2 amide bonds. The summed E-state index contributed by atoms with van der Waals surface area (Å²) in [6.07, 6.45) is 6.17. The number of fused-ring (bicyclic) bond motifs is 2. The average Bonchev–Trinajstić information content (AvgIpc) is 2.75. The Labute approximate surface area is 167 Å². The van der Waals surface area contributed by atoms with Crippen LogP contribution in [-0.4, -0.2) is 24.0 Å². The fourth-order valence-corrected chi connectivity index (χ4v) is 4.49. The molecular formula is C25H30N2O. The first kappa shape index (κ1) is 18.8. The van der Waals surface area contributed by atoms with Crippen molar-refractivity contribution in [3.63, 3.8) is 0 Å². The number of carbonyl (C=O) groups is 1. The van der Waals surface area contributed by atoms with E-state index in [9.17, 15) is 4.79 Å². The van der Waals surface area contributed by atoms with Gasteiger partial charge < -0.3 is 10.2 Å². The second-order valence-electron chi connectivity index (χ2n) is 8.03. The molecule has 0 atom stereocenters. The number of likely N-dealkylation sites (tertiary alicyclic amines) is 1. The number of carbonyl (C=O) groups excluding carboxylic acids is 1. The maximum atomic E-state index is 12.8. The number of amides is 2. The smallest absolute Gasteiger partial charge is 0.317 e. The van der Waals surface area contributed by atoms with Gasteiger partial charge in [0, 0.05) is 19.6 Å². The lowest BCUT2D eigenvalue weighted by atomic mass is 9.92. The molecule has 1 N–H and O–H groups in total. The van der Waals surface area contributed by atoms with Gasteiger partial charge in [0.15, 0.2) is 0 Å². The molecule has 0 spiro atoms. The fourth-order valence-electron chi connectivity index (χ4n) is 4.49. The van der Waals surface area contributed by atoms with Crippen LogP contribution in [0.2, 0.25) is 0 Å². The Morgan fingerprint density at radius 1 is 1.00 bits per heavy atom. The van der Waals surface area contributed by atoms with E-state index in [2.05, 4.69) is 66.8 Å². The topological polar surface area (TPSA) is 32.3 Å². The van der Waals surface area contributed by atoms with Crippen LogP contribution in [0.1, 0.15) is 44.6 Å². The van der Waals surface area contributed by atoms with Crippen LogP contribution in [0.5, 0.6) is 0 Å². The second-order valence-corrected chi connectivity index (χ2v) is 8.03. The number of benzene rings is 3. The van der Waals surface area contributed by atoms with Gasteiger partial charge in [0.25, 0.3) is 0 Å². The van der Waals surface area contributed by atoms with Crippen LogP contribution in [-0.2, 0) is 6.54 Å². The van der Waals surface area contributed by atoms with E-state index in [-0.39, 0.29) is 6.03 Å². The highest BCUT2D eigenvalue weighted by Gasteiger charge is 2.22. The van der Waals surface area contributed by atoms with E-state index in [0.29, 0.717) is 6.54 Å². The molecule has 1 heterocycles. The SMILES string of the molecule is CCCCC1CCN(C(=O)NCc2c3ccccc3cc3ccccc23)CC1. The highest BCUT2D eigenvalue weighted by atomic mass is 16.2. The molecule has 3 heteroatoms. The van der Waals surface area contributed by atoms with Gasteiger partial charge >= 0.3 is 6.03 Å². The van der Waals surface area contributed by atoms with Crippen LogP contribution in [0.25, 0.3) is 21.5 Å². The minimum atomic E-state index is 0.0750. The number of nitrogens with one attached hydrogen (secondary N) is 1. The number of hydrogen-bond acceptors (Lipinski definition) is 1. The minimum Gasteiger partial charge on any atom is -0.334 e. The molecule has 3 aromatic rings. The first-order chi connectivity index (χ1) is 13.8. The van der Waals surface area contributed by atoms with E-state index < -0.39 is 0 Å². The van der Waals surface area contributed by atoms with Crippen LogP contribution in [0, 0.1) is 5.92 Å². The Morgan fingerprint density at radius 3 is 2.21 bits per heavy atom. The largest absolute Gasteiger partial charge is 0.334 e. The molecule has 3 nitrogen and oxygen atoms in total. The summed E-state index contributed by atoms with van der Waals surface area (Å²) in [5.74, 6) is 0.797. The first-order valence-electron chi connectivity index (χ1n) is 10.7. The Balaban J connectivity index is 1.47. The summed E-state index contributed by atoms with van der Waals surface area (Å²) in [6, 6.07) is 19.2. The van der Waals surface area contributed by atoms with E-state index in [1.807, 2.05) is 4.90 Å². The van der Waals surface area contributed by atoms with Crippen molar-refractivity contribution in [2.75, 3.05) is 13.1 Å². The van der Waals surface area contributed by atoms with Crippen LogP contribution in [0.15, 0.2) is 54.6 Å². The third-order valence-electron chi connectivity index (χ3n) is 6.17. The van der Waals surface area contributed by atoms with Crippen LogP contribution >= 0.6 is 0 Å². The summed E-state index contributed by atoms with van der Waals surface area (Å²) in [5, 5.41) is 8.09. The van der Waals surface area contributed by atoms with E-state index in [1.54, 1.807) is 0 Å². The maximum Gasteiger partial charge on any atom is 0.317 e. The molecule has 1 aliphatic heterocycles. The van der Waals surface area contributed by atoms with Gasteiger partial charge in [-0.25, -0.2) is 4.79 Å². The molecule has 4 rings (SSSR count). The van der Waals surface area contributed by atoms with E-state index in [4.69, 9.17) is 0 Å². The van der Waals surface area contributed by atoms with E-state index in [1.165, 1.54) is 46.4 Å². The lowest BCUT2D eigenvalue weighted by molar-refractivity contribution is 0.167. The Morgan fingerprint density at radius 2 is 1.61 bits per heavy atom. The van der Waals surface area contributed by atoms with Gasteiger partial charge in [0.1, 0.15) is 0 Å². The third-order valence-corrected chi connectivity index (χ3v) is 6.17. The van der Waals surface area contributed by atoms with Crippen molar-refractivity contribution in [2.24, 2.45) is 5.92 Å². The summed E-state index contributed by atoms with van der Waals surface area (Å²) >= 11 is 0. The van der Waals surface area contributed by atoms with Crippen LogP contribution in [0.3, 0.4) is 0 Å². The van der Waals surface area contributed by atoms with Gasteiger partial charge in [-0.15, -0.1) is 0 Å². The molecule has 0 unspecified atom stereocenters. The number of piperidine rings is 1. The number of urea groups is 1. The van der Waals surface area contributed by atoms with Crippen molar-refractivity contribution in [2.45, 2.75) is 45.6 Å². The number of rotatable bonds is 5. The van der Waals surface area contributed by atoms with Gasteiger partial charge in [-0.1, -0.05) is 74.7 Å². The van der Waals surface area contributed by atoms with Crippen molar-refractivity contribution in [1.29, 1.82) is 0 Å². The van der Waals surface area contributed by atoms with Crippen LogP contribution in [0.4, 0.5) is 4.79 Å². The zero-order valence-electron chi connectivity index (χ0n) is 16.8. The van der Waals surface area contributed by atoms with Crippen LogP contribution < -0.4 is 5.32 Å². The molecule has 0 radical (unpaired) electrons. The highest BCUT2D eigenvalue weighted by molar-refractivity contribution is 6.02. The molecule has 1 aliphatic rings. The molecule has 28 heavy (non-hydrogen) atoms. The van der Waals surface area contributed by atoms with Gasteiger partial charge in [0.2, 0.25) is 0 Å². The lowest BCUT2D eigenvalue weighted by Gasteiger charge is -2.32. The van der Waals surface area contributed by atoms with Gasteiger partial charge in [-0.3, -0.25) is 0 Å². The summed E-state index contributed by atoms with van der Waals surface area (Å²) in [5.41, 5.74) is 1.21. The molecule has 146 valence electrons. The number of nitrogens with zero attached hydrogens (tertiary/aromatic N) is 1. The lowest BCUT2D eigenvalue weighted by Crippen LogP contribution is -2.44. The highest BCUT2D eigenvalue weighted by Crippen LogP contribution is 2.28. The average molecular weight is 375 g/mol. The molecule has 0 aliphatic carbocycles. The number of unbranched alkanes of at least 4 members (excludes halogenated alkanes) is 1. The predicted molar refractivity (Wildman–Crippen MR) is 118 cm³/mol. The van der Waals surface area contributed by atoms with E-state index >= 15 is 0 Å². The molecular weight excluding hydrogens is 344 g/mol. The Kier molecular flexibility index (Phi) is 5.80. The first-order valence-corrected chi connectivity index (χ1v) is 10.7. The van der Waals surface area contributed by atoms with Crippen molar-refractivity contribution < 1.29 is 4.79 Å². The van der Waals surface area contributed by atoms with Crippen molar-refractivity contribution in [1.82, 2.24) is 10.2 Å². The van der Waals surface area contributed by atoms with Gasteiger partial charge in [-0.2, -0.15) is 0 Å². The van der Waals surface area contributed by atoms with Crippen molar-refractivity contribution in [3.05, 3.63) is 60.2 Å². The standard InChI is InChI=1S/C25H30N2O/c1-2-3-8-19-13-15-27(16-14-19)25(28)26-18-24-22-11-6-4-9-20(22)17-21-10-5-7-12-23(21)24/h4-7,9-12,17,19H,2-3,8,13-16,18H2,1H3,(H,26,28). The number of hydrogen-bond donors (Lipinski definition) is 1. The summed E-state index contributed by atoms with van der Waals surface area (Å²) in [6.45, 7) is 4.59. The zero-order chi connectivity index (χ0) is 19.3. The monoisotopic (exact) mass is 374 g/mol. The van der Waals surface area contributed by atoms with Gasteiger partial charge in [-0.05, 0) is 51.9 Å². The normalized spacial score (nSPS) is 15.2. The molecule has 1 fully saturated rings. The minimum absolute atomic E-state index is 0.0750. The van der Waals surface area contributed by atoms with E-state index in [0.717, 1.165) is 31.8 Å². The van der Waals surface area contributed by atoms with Gasteiger partial charge in [0.05, 0.1) is 0 Å². The zero-order valence-corrected chi connectivity index (χ0v) is 16.8. The molecule has 0 saturated carbocycles. The maximum absolute atomic E-state index is 12.8. The second kappa shape index (κ2) is 8.64. The predicted octanol–water partition coefficient (Wildman–Crippen LogP) is 6.10. The quantitative estimate of drug-likeness (QED) is 0.537. The molecule has 0 bridgehead atoms. The van der Waals surface area contributed by atoms with Crippen molar-refractivity contribution in [3.8, 4) is 0 Å². The molecule has 0 aromatic heterocycles. The van der Waals surface area contributed by atoms with Crippen molar-refractivity contribution >= 4 is 27.6 Å². The third kappa shape index (κ3) is 3.99.